The van der Waals surface area contributed by atoms with E-state index in [4.69, 9.17) is 0 Å². The second kappa shape index (κ2) is 10.1. The van der Waals surface area contributed by atoms with E-state index in [1.165, 1.54) is 29.7 Å². The molecule has 0 bridgehead atoms. The second-order valence-corrected chi connectivity index (χ2v) is 10.4. The zero-order valence-electron chi connectivity index (χ0n) is 20.6. The molecular weight excluding hydrogens is 424 g/mol. The van der Waals surface area contributed by atoms with E-state index < -0.39 is 6.10 Å². The summed E-state index contributed by atoms with van der Waals surface area (Å²) in [6.07, 6.45) is 3.70. The van der Waals surface area contributed by atoms with Crippen molar-refractivity contribution < 1.29 is 9.90 Å². The van der Waals surface area contributed by atoms with Crippen LogP contribution in [-0.4, -0.2) is 91.2 Å². The summed E-state index contributed by atoms with van der Waals surface area (Å²) < 4.78 is 0. The molecule has 182 valence electrons. The molecule has 5 rings (SSSR count). The summed E-state index contributed by atoms with van der Waals surface area (Å²) in [7, 11) is 4.33. The first-order chi connectivity index (χ1) is 16.5. The number of aliphatic hydroxyl groups excluding tert-OH is 1. The zero-order valence-corrected chi connectivity index (χ0v) is 20.6. The Hall–Kier alpha value is -2.41. The molecule has 0 saturated carbocycles. The van der Waals surface area contributed by atoms with Gasteiger partial charge in [0.15, 0.2) is 0 Å². The number of β-amino-alcohol motifs (C(OH)–C–C–N with tert-alkyl or cyclic N) is 1. The van der Waals surface area contributed by atoms with Crippen molar-refractivity contribution in [1.29, 1.82) is 0 Å². The lowest BCUT2D eigenvalue weighted by Crippen LogP contribution is -2.46. The van der Waals surface area contributed by atoms with Crippen molar-refractivity contribution in [3.63, 3.8) is 0 Å². The van der Waals surface area contributed by atoms with Crippen molar-refractivity contribution in [3.05, 3.63) is 64.7 Å². The highest BCUT2D eigenvalue weighted by Gasteiger charge is 2.28. The lowest BCUT2D eigenvalue weighted by atomic mass is 9.96. The Bertz CT molecular complexity index is 1020. The van der Waals surface area contributed by atoms with Crippen LogP contribution in [0.25, 0.3) is 0 Å². The molecule has 2 aromatic rings. The molecule has 3 heterocycles. The van der Waals surface area contributed by atoms with E-state index >= 15 is 0 Å². The number of anilines is 1. The lowest BCUT2D eigenvalue weighted by Gasteiger charge is -2.37. The van der Waals surface area contributed by atoms with Gasteiger partial charge in [-0.15, -0.1) is 0 Å². The number of piperidine rings is 1. The SMILES string of the molecule is CN(C)C1CCN(c2ccc3c(c2)CCN(CC(O)CN2CCc4ccccc4C2)C3=O)CC1. The van der Waals surface area contributed by atoms with Gasteiger partial charge in [-0.3, -0.25) is 9.69 Å². The Morgan fingerprint density at radius 2 is 1.68 bits per heavy atom. The van der Waals surface area contributed by atoms with Gasteiger partial charge in [0.05, 0.1) is 6.10 Å². The number of rotatable bonds is 6. The highest BCUT2D eigenvalue weighted by molar-refractivity contribution is 5.97. The molecule has 1 unspecified atom stereocenters. The van der Waals surface area contributed by atoms with Gasteiger partial charge in [0.25, 0.3) is 5.91 Å². The van der Waals surface area contributed by atoms with Gasteiger partial charge in [-0.2, -0.15) is 0 Å². The van der Waals surface area contributed by atoms with Crippen LogP contribution in [0.1, 0.15) is 39.9 Å². The molecule has 0 aromatic heterocycles. The molecule has 1 fully saturated rings. The smallest absolute Gasteiger partial charge is 0.254 e. The molecule has 3 aliphatic heterocycles. The van der Waals surface area contributed by atoms with E-state index in [1.807, 2.05) is 11.0 Å². The van der Waals surface area contributed by atoms with E-state index in [1.54, 1.807) is 0 Å². The van der Waals surface area contributed by atoms with Crippen molar-refractivity contribution >= 4 is 11.6 Å². The number of hydrogen-bond acceptors (Lipinski definition) is 5. The van der Waals surface area contributed by atoms with Crippen molar-refractivity contribution in [2.45, 2.75) is 44.4 Å². The largest absolute Gasteiger partial charge is 0.390 e. The fraction of sp³-hybridized carbons (Fsp3) is 0.536. The maximum absolute atomic E-state index is 13.2. The number of aliphatic hydroxyl groups is 1. The van der Waals surface area contributed by atoms with Crippen molar-refractivity contribution in [2.24, 2.45) is 0 Å². The monoisotopic (exact) mass is 462 g/mol. The molecule has 1 amide bonds. The Kier molecular flexibility index (Phi) is 6.91. The fourth-order valence-corrected chi connectivity index (χ4v) is 5.85. The van der Waals surface area contributed by atoms with Crippen LogP contribution in [0, 0.1) is 0 Å². The third-order valence-corrected chi connectivity index (χ3v) is 7.93. The Labute approximate surface area is 203 Å². The van der Waals surface area contributed by atoms with Crippen LogP contribution >= 0.6 is 0 Å². The van der Waals surface area contributed by atoms with Crippen LogP contribution in [0.3, 0.4) is 0 Å². The minimum absolute atomic E-state index is 0.0576. The number of hydrogen-bond donors (Lipinski definition) is 1. The molecule has 3 aliphatic rings. The van der Waals surface area contributed by atoms with E-state index in [0.717, 1.165) is 50.1 Å². The minimum Gasteiger partial charge on any atom is -0.390 e. The lowest BCUT2D eigenvalue weighted by molar-refractivity contribution is 0.0493. The van der Waals surface area contributed by atoms with Crippen LogP contribution in [-0.2, 0) is 19.4 Å². The number of amides is 1. The Morgan fingerprint density at radius 1 is 0.941 bits per heavy atom. The first-order valence-corrected chi connectivity index (χ1v) is 12.8. The first kappa shape index (κ1) is 23.3. The molecule has 6 heteroatoms. The molecular formula is C28H38N4O2. The van der Waals surface area contributed by atoms with Gasteiger partial charge in [-0.1, -0.05) is 24.3 Å². The maximum atomic E-state index is 13.2. The molecule has 0 aliphatic carbocycles. The van der Waals surface area contributed by atoms with Gasteiger partial charge in [0.2, 0.25) is 0 Å². The van der Waals surface area contributed by atoms with Crippen LogP contribution in [0.15, 0.2) is 42.5 Å². The van der Waals surface area contributed by atoms with E-state index in [2.05, 4.69) is 65.2 Å². The summed E-state index contributed by atoms with van der Waals surface area (Å²) in [6.45, 7) is 5.64. The second-order valence-electron chi connectivity index (χ2n) is 10.4. The molecule has 1 saturated heterocycles. The van der Waals surface area contributed by atoms with Gasteiger partial charge in [-0.05, 0) is 74.7 Å². The number of fused-ring (bicyclic) bond motifs is 2. The van der Waals surface area contributed by atoms with Crippen LogP contribution in [0.5, 0.6) is 0 Å². The quantitative estimate of drug-likeness (QED) is 0.715. The molecule has 1 N–H and O–H groups in total. The summed E-state index contributed by atoms with van der Waals surface area (Å²) in [5.74, 6) is 0.0576. The van der Waals surface area contributed by atoms with E-state index in [9.17, 15) is 9.90 Å². The zero-order chi connectivity index (χ0) is 23.7. The molecule has 1 atom stereocenters. The average molecular weight is 463 g/mol. The highest BCUT2D eigenvalue weighted by Crippen LogP contribution is 2.28. The van der Waals surface area contributed by atoms with Crippen LogP contribution < -0.4 is 4.90 Å². The van der Waals surface area contributed by atoms with Gasteiger partial charge in [-0.25, -0.2) is 0 Å². The summed E-state index contributed by atoms with van der Waals surface area (Å²) in [6, 6.07) is 15.6. The minimum atomic E-state index is -0.534. The summed E-state index contributed by atoms with van der Waals surface area (Å²) >= 11 is 0. The molecule has 0 radical (unpaired) electrons. The van der Waals surface area contributed by atoms with Gasteiger partial charge in [0.1, 0.15) is 0 Å². The predicted octanol–water partition coefficient (Wildman–Crippen LogP) is 2.63. The number of nitrogens with zero attached hydrogens (tertiary/aromatic N) is 4. The average Bonchev–Trinajstić information content (AvgIpc) is 2.85. The Morgan fingerprint density at radius 3 is 2.44 bits per heavy atom. The number of carbonyl (C=O) groups is 1. The molecule has 2 aromatic carbocycles. The summed E-state index contributed by atoms with van der Waals surface area (Å²) in [4.78, 5) is 22.1. The Balaban J connectivity index is 1.17. The van der Waals surface area contributed by atoms with E-state index in [0.29, 0.717) is 25.7 Å². The summed E-state index contributed by atoms with van der Waals surface area (Å²) in [5, 5.41) is 10.8. The molecule has 34 heavy (non-hydrogen) atoms. The van der Waals surface area contributed by atoms with Gasteiger partial charge < -0.3 is 19.8 Å². The fourth-order valence-electron chi connectivity index (χ4n) is 5.85. The normalized spacial score (nSPS) is 20.4. The molecule has 6 nitrogen and oxygen atoms in total. The third-order valence-electron chi connectivity index (χ3n) is 7.93. The van der Waals surface area contributed by atoms with E-state index in [-0.39, 0.29) is 5.91 Å². The van der Waals surface area contributed by atoms with Crippen LogP contribution in [0.4, 0.5) is 5.69 Å². The third kappa shape index (κ3) is 4.99. The standard InChI is InChI=1S/C28H38N4O2/c1-29(2)24-11-15-31(16-12-24)25-7-8-27-22(17-25)10-14-32(28(27)34)20-26(33)19-30-13-9-21-5-3-4-6-23(21)18-30/h3-8,17,24,26,33H,9-16,18-20H2,1-2H3. The van der Waals surface area contributed by atoms with Crippen molar-refractivity contribution in [2.75, 3.05) is 58.3 Å². The predicted molar refractivity (Wildman–Crippen MR) is 136 cm³/mol. The van der Waals surface area contributed by atoms with Crippen molar-refractivity contribution in [3.8, 4) is 0 Å². The topological polar surface area (TPSA) is 50.3 Å². The number of benzene rings is 2. The van der Waals surface area contributed by atoms with Crippen molar-refractivity contribution in [1.82, 2.24) is 14.7 Å². The molecule has 0 spiro atoms. The summed E-state index contributed by atoms with van der Waals surface area (Å²) in [5.41, 5.74) is 5.96. The first-order valence-electron chi connectivity index (χ1n) is 12.8. The van der Waals surface area contributed by atoms with Gasteiger partial charge >= 0.3 is 0 Å². The maximum Gasteiger partial charge on any atom is 0.254 e. The van der Waals surface area contributed by atoms with Crippen LogP contribution in [0.2, 0.25) is 0 Å². The highest BCUT2D eigenvalue weighted by atomic mass is 16.3. The number of carbonyl (C=O) groups excluding carboxylic acids is 1. The van der Waals surface area contributed by atoms with Gasteiger partial charge in [0, 0.05) is 63.1 Å².